The zero-order valence-electron chi connectivity index (χ0n) is 18.4. The minimum absolute atomic E-state index is 0.0427. The molecule has 2 atom stereocenters. The van der Waals surface area contributed by atoms with Gasteiger partial charge >= 0.3 is 11.9 Å². The SMILES string of the molecule is CCN1C=C(C(=O)O)C(O)c2cc(F)c(N3CCN(C(=O)C(N)CCCC(=O)O)CC3)cc21. The van der Waals surface area contributed by atoms with E-state index in [1.807, 2.05) is 6.92 Å². The number of carboxylic acid groups (broad SMARTS) is 2. The van der Waals surface area contributed by atoms with Crippen molar-refractivity contribution in [1.82, 2.24) is 4.90 Å². The second-order valence-corrected chi connectivity index (χ2v) is 8.15. The number of hydrogen-bond donors (Lipinski definition) is 4. The molecule has 0 aromatic heterocycles. The molecular formula is C22H29FN4O6. The topological polar surface area (TPSA) is 148 Å². The van der Waals surface area contributed by atoms with Crippen LogP contribution in [0.1, 0.15) is 37.9 Å². The van der Waals surface area contributed by atoms with Crippen molar-refractivity contribution in [3.63, 3.8) is 0 Å². The van der Waals surface area contributed by atoms with Crippen molar-refractivity contribution in [3.05, 3.63) is 35.3 Å². The number of nitrogens with zero attached hydrogens (tertiary/aromatic N) is 3. The van der Waals surface area contributed by atoms with Gasteiger partial charge in [-0.15, -0.1) is 0 Å². The third-order valence-corrected chi connectivity index (χ3v) is 6.03. The second-order valence-electron chi connectivity index (χ2n) is 8.15. The first-order chi connectivity index (χ1) is 15.6. The summed E-state index contributed by atoms with van der Waals surface area (Å²) in [7, 11) is 0. The number of aliphatic hydroxyl groups is 1. The van der Waals surface area contributed by atoms with Crippen LogP contribution in [-0.4, -0.2) is 76.8 Å². The molecule has 0 aliphatic carbocycles. The summed E-state index contributed by atoms with van der Waals surface area (Å²) in [5.74, 6) is -3.03. The van der Waals surface area contributed by atoms with Gasteiger partial charge in [-0.3, -0.25) is 9.59 Å². The van der Waals surface area contributed by atoms with Gasteiger partial charge in [0.15, 0.2) is 0 Å². The van der Waals surface area contributed by atoms with Crippen LogP contribution < -0.4 is 15.5 Å². The summed E-state index contributed by atoms with van der Waals surface area (Å²) in [5.41, 5.74) is 6.74. The van der Waals surface area contributed by atoms with Crippen molar-refractivity contribution in [2.75, 3.05) is 42.5 Å². The fourth-order valence-electron chi connectivity index (χ4n) is 4.18. The zero-order valence-corrected chi connectivity index (χ0v) is 18.4. The zero-order chi connectivity index (χ0) is 24.3. The Morgan fingerprint density at radius 1 is 1.15 bits per heavy atom. The van der Waals surface area contributed by atoms with Gasteiger partial charge < -0.3 is 35.8 Å². The Bertz CT molecular complexity index is 960. The predicted molar refractivity (Wildman–Crippen MR) is 118 cm³/mol. The van der Waals surface area contributed by atoms with Gasteiger partial charge in [-0.1, -0.05) is 0 Å². The average Bonchev–Trinajstić information content (AvgIpc) is 2.78. The highest BCUT2D eigenvalue weighted by molar-refractivity contribution is 5.91. The second kappa shape index (κ2) is 10.2. The maximum Gasteiger partial charge on any atom is 0.336 e. The number of nitrogens with two attached hydrogens (primary N) is 1. The number of carbonyl (C=O) groups is 3. The van der Waals surface area contributed by atoms with E-state index in [9.17, 15) is 29.0 Å². The minimum atomic E-state index is -1.43. The Morgan fingerprint density at radius 3 is 2.39 bits per heavy atom. The molecule has 1 fully saturated rings. The number of hydrogen-bond acceptors (Lipinski definition) is 7. The van der Waals surface area contributed by atoms with Crippen molar-refractivity contribution in [2.45, 2.75) is 38.3 Å². The Balaban J connectivity index is 1.70. The van der Waals surface area contributed by atoms with E-state index in [-0.39, 0.29) is 29.9 Å². The highest BCUT2D eigenvalue weighted by atomic mass is 19.1. The molecule has 33 heavy (non-hydrogen) atoms. The number of carbonyl (C=O) groups excluding carboxylic acids is 1. The van der Waals surface area contributed by atoms with E-state index in [1.54, 1.807) is 20.8 Å². The van der Waals surface area contributed by atoms with Crippen LogP contribution in [-0.2, 0) is 14.4 Å². The van der Waals surface area contributed by atoms with E-state index in [2.05, 4.69) is 0 Å². The number of piperazine rings is 1. The number of amides is 1. The molecule has 1 saturated heterocycles. The fraction of sp³-hybridized carbons (Fsp3) is 0.500. The summed E-state index contributed by atoms with van der Waals surface area (Å²) in [4.78, 5) is 39.7. The molecule has 2 aliphatic rings. The Labute approximate surface area is 190 Å². The van der Waals surface area contributed by atoms with Crippen LogP contribution in [0.3, 0.4) is 0 Å². The summed E-state index contributed by atoms with van der Waals surface area (Å²) in [6.45, 7) is 3.67. The lowest BCUT2D eigenvalue weighted by Crippen LogP contribution is -2.53. The van der Waals surface area contributed by atoms with Crippen LogP contribution >= 0.6 is 0 Å². The largest absolute Gasteiger partial charge is 0.481 e. The summed E-state index contributed by atoms with van der Waals surface area (Å²) in [6.07, 6.45) is 0.491. The van der Waals surface area contributed by atoms with Gasteiger partial charge in [0, 0.05) is 56.6 Å². The van der Waals surface area contributed by atoms with E-state index in [0.717, 1.165) is 0 Å². The molecule has 1 aromatic rings. The Morgan fingerprint density at radius 2 is 1.82 bits per heavy atom. The maximum atomic E-state index is 15.0. The predicted octanol–water partition coefficient (Wildman–Crippen LogP) is 0.898. The van der Waals surface area contributed by atoms with E-state index in [4.69, 9.17) is 10.8 Å². The van der Waals surface area contributed by atoms with Gasteiger partial charge in [-0.25, -0.2) is 9.18 Å². The number of aliphatic carboxylic acids is 2. The number of benzene rings is 1. The van der Waals surface area contributed by atoms with Crippen molar-refractivity contribution >= 4 is 29.2 Å². The monoisotopic (exact) mass is 464 g/mol. The molecule has 0 saturated carbocycles. The lowest BCUT2D eigenvalue weighted by Gasteiger charge is -2.38. The maximum absolute atomic E-state index is 15.0. The molecule has 10 nitrogen and oxygen atoms in total. The number of halogens is 1. The average molecular weight is 464 g/mol. The van der Waals surface area contributed by atoms with Crippen molar-refractivity contribution in [3.8, 4) is 0 Å². The molecule has 180 valence electrons. The molecule has 1 amide bonds. The number of aliphatic hydroxyl groups excluding tert-OH is 1. The molecule has 0 radical (unpaired) electrons. The molecule has 0 bridgehead atoms. The highest BCUT2D eigenvalue weighted by Crippen LogP contribution is 2.40. The van der Waals surface area contributed by atoms with E-state index in [0.29, 0.717) is 50.5 Å². The van der Waals surface area contributed by atoms with Gasteiger partial charge in [0.05, 0.1) is 17.3 Å². The van der Waals surface area contributed by atoms with Crippen molar-refractivity contribution in [1.29, 1.82) is 0 Å². The molecule has 11 heteroatoms. The first-order valence-corrected chi connectivity index (χ1v) is 10.9. The van der Waals surface area contributed by atoms with E-state index >= 15 is 0 Å². The Hall–Kier alpha value is -3.18. The molecule has 2 aliphatic heterocycles. The number of fused-ring (bicyclic) bond motifs is 1. The lowest BCUT2D eigenvalue weighted by atomic mass is 9.95. The van der Waals surface area contributed by atoms with E-state index < -0.39 is 29.9 Å². The Kier molecular flexibility index (Phi) is 7.54. The highest BCUT2D eigenvalue weighted by Gasteiger charge is 2.32. The molecular weight excluding hydrogens is 435 g/mol. The standard InChI is InChI=1S/C22H29FN4O6/c1-2-25-12-14(22(32)33)20(30)13-10-15(23)18(11-17(13)25)26-6-8-27(9-7-26)21(31)16(24)4-3-5-19(28)29/h10-12,16,20,30H,2-9,24H2,1H3,(H,28,29)(H,32,33). The minimum Gasteiger partial charge on any atom is -0.481 e. The van der Waals surface area contributed by atoms with Crippen LogP contribution in [0.25, 0.3) is 0 Å². The first kappa shape index (κ1) is 24.5. The molecule has 1 aromatic carbocycles. The van der Waals surface area contributed by atoms with Gasteiger partial charge in [0.25, 0.3) is 0 Å². The van der Waals surface area contributed by atoms with Crippen molar-refractivity contribution in [2.24, 2.45) is 5.73 Å². The molecule has 0 spiro atoms. The summed E-state index contributed by atoms with van der Waals surface area (Å²) in [6, 6.07) is 2.00. The number of anilines is 2. The van der Waals surface area contributed by atoms with Crippen LogP contribution in [0.15, 0.2) is 23.9 Å². The van der Waals surface area contributed by atoms with Gasteiger partial charge in [-0.2, -0.15) is 0 Å². The third kappa shape index (κ3) is 5.25. The summed E-state index contributed by atoms with van der Waals surface area (Å²) >= 11 is 0. The fourth-order valence-corrected chi connectivity index (χ4v) is 4.18. The van der Waals surface area contributed by atoms with Crippen LogP contribution in [0.5, 0.6) is 0 Å². The van der Waals surface area contributed by atoms with Crippen molar-refractivity contribution < 1.29 is 34.1 Å². The van der Waals surface area contributed by atoms with Gasteiger partial charge in [0.1, 0.15) is 11.9 Å². The van der Waals surface area contributed by atoms with Crippen LogP contribution in [0.4, 0.5) is 15.8 Å². The number of rotatable bonds is 8. The first-order valence-electron chi connectivity index (χ1n) is 10.9. The van der Waals surface area contributed by atoms with Crippen LogP contribution in [0, 0.1) is 5.82 Å². The molecule has 5 N–H and O–H groups in total. The molecule has 2 unspecified atom stereocenters. The smallest absolute Gasteiger partial charge is 0.336 e. The summed E-state index contributed by atoms with van der Waals surface area (Å²) in [5, 5.41) is 28.5. The van der Waals surface area contributed by atoms with Gasteiger partial charge in [0.2, 0.25) is 5.91 Å². The molecule has 2 heterocycles. The van der Waals surface area contributed by atoms with Crippen LogP contribution in [0.2, 0.25) is 0 Å². The quantitative estimate of drug-likeness (QED) is 0.440. The third-order valence-electron chi connectivity index (χ3n) is 6.03. The molecule has 3 rings (SSSR count). The normalized spacial score (nSPS) is 19.1. The lowest BCUT2D eigenvalue weighted by molar-refractivity contribution is -0.138. The number of carboxylic acids is 2. The van der Waals surface area contributed by atoms with E-state index in [1.165, 1.54) is 12.3 Å². The van der Waals surface area contributed by atoms with Gasteiger partial charge in [-0.05, 0) is 31.9 Å². The summed E-state index contributed by atoms with van der Waals surface area (Å²) < 4.78 is 15.0.